The first-order valence-electron chi connectivity index (χ1n) is 6.04. The number of ether oxygens (including phenoxy) is 2. The van der Waals surface area contributed by atoms with Crippen molar-refractivity contribution < 1.29 is 24.5 Å². The lowest BCUT2D eigenvalue weighted by Crippen LogP contribution is -2.51. The Bertz CT molecular complexity index is 310. The number of aliphatic hydroxyl groups excluding tert-OH is 2. The van der Waals surface area contributed by atoms with Gasteiger partial charge in [-0.1, -0.05) is 0 Å². The normalized spacial score (nSPS) is 27.4. The van der Waals surface area contributed by atoms with Crippen LogP contribution in [0, 0.1) is 0 Å². The van der Waals surface area contributed by atoms with Gasteiger partial charge in [0.25, 0.3) is 0 Å². The zero-order chi connectivity index (χ0) is 14.1. The van der Waals surface area contributed by atoms with Gasteiger partial charge >= 0.3 is 6.09 Å². The monoisotopic (exact) mass is 261 g/mol. The van der Waals surface area contributed by atoms with E-state index in [2.05, 4.69) is 0 Å². The van der Waals surface area contributed by atoms with Crippen LogP contribution in [0.15, 0.2) is 0 Å². The molecule has 6 nitrogen and oxygen atoms in total. The second-order valence-electron chi connectivity index (χ2n) is 5.89. The minimum absolute atomic E-state index is 0.256. The van der Waals surface area contributed by atoms with E-state index in [1.165, 1.54) is 4.90 Å². The number of carbonyl (C=O) groups is 1. The summed E-state index contributed by atoms with van der Waals surface area (Å²) in [4.78, 5) is 13.5. The van der Waals surface area contributed by atoms with Crippen molar-refractivity contribution in [2.24, 2.45) is 0 Å². The van der Waals surface area contributed by atoms with Crippen LogP contribution in [0.2, 0.25) is 0 Å². The molecule has 1 aliphatic rings. The quantitative estimate of drug-likeness (QED) is 0.765. The molecular weight excluding hydrogens is 238 g/mol. The van der Waals surface area contributed by atoms with Gasteiger partial charge in [-0.15, -0.1) is 0 Å². The molecule has 1 amide bonds. The van der Waals surface area contributed by atoms with Crippen LogP contribution in [0.3, 0.4) is 0 Å². The van der Waals surface area contributed by atoms with E-state index in [1.807, 2.05) is 0 Å². The highest BCUT2D eigenvalue weighted by molar-refractivity contribution is 5.70. The fraction of sp³-hybridized carbons (Fsp3) is 0.917. The fourth-order valence-electron chi connectivity index (χ4n) is 2.10. The van der Waals surface area contributed by atoms with E-state index in [0.29, 0.717) is 0 Å². The molecule has 18 heavy (non-hydrogen) atoms. The van der Waals surface area contributed by atoms with Crippen molar-refractivity contribution in [3.05, 3.63) is 0 Å². The maximum atomic E-state index is 12.1. The average molecular weight is 261 g/mol. The molecular formula is C12H23NO5. The molecule has 0 bridgehead atoms. The SMILES string of the molecule is CC(C)(C)OC(=O)N1C(CO)C(CO)OC1(C)C. The van der Waals surface area contributed by atoms with Crippen LogP contribution < -0.4 is 0 Å². The summed E-state index contributed by atoms with van der Waals surface area (Å²) in [7, 11) is 0. The van der Waals surface area contributed by atoms with E-state index in [9.17, 15) is 15.0 Å². The van der Waals surface area contributed by atoms with Gasteiger partial charge in [0.2, 0.25) is 0 Å². The van der Waals surface area contributed by atoms with Gasteiger partial charge < -0.3 is 19.7 Å². The number of nitrogens with zero attached hydrogens (tertiary/aromatic N) is 1. The lowest BCUT2D eigenvalue weighted by molar-refractivity contribution is -0.0867. The lowest BCUT2D eigenvalue weighted by Gasteiger charge is -2.34. The van der Waals surface area contributed by atoms with Gasteiger partial charge in [-0.25, -0.2) is 4.79 Å². The van der Waals surface area contributed by atoms with Crippen LogP contribution in [0.4, 0.5) is 4.79 Å². The summed E-state index contributed by atoms with van der Waals surface area (Å²) in [5.41, 5.74) is -1.53. The predicted octanol–water partition coefficient (Wildman–Crippen LogP) is 0.712. The number of rotatable bonds is 2. The molecule has 106 valence electrons. The molecule has 0 aliphatic carbocycles. The van der Waals surface area contributed by atoms with Crippen LogP contribution in [0.1, 0.15) is 34.6 Å². The highest BCUT2D eigenvalue weighted by atomic mass is 16.6. The summed E-state index contributed by atoms with van der Waals surface area (Å²) in [5.74, 6) is 0. The van der Waals surface area contributed by atoms with Crippen LogP contribution in [0.5, 0.6) is 0 Å². The molecule has 0 saturated carbocycles. The van der Waals surface area contributed by atoms with Crippen LogP contribution >= 0.6 is 0 Å². The van der Waals surface area contributed by atoms with Crippen molar-refractivity contribution in [3.63, 3.8) is 0 Å². The summed E-state index contributed by atoms with van der Waals surface area (Å²) < 4.78 is 10.9. The molecule has 1 aliphatic heterocycles. The summed E-state index contributed by atoms with van der Waals surface area (Å²) >= 11 is 0. The molecule has 2 atom stereocenters. The van der Waals surface area contributed by atoms with Crippen molar-refractivity contribution >= 4 is 6.09 Å². The van der Waals surface area contributed by atoms with Gasteiger partial charge in [0.15, 0.2) is 0 Å². The smallest absolute Gasteiger partial charge is 0.412 e. The van der Waals surface area contributed by atoms with Crippen molar-refractivity contribution in [1.29, 1.82) is 0 Å². The van der Waals surface area contributed by atoms with Crippen molar-refractivity contribution in [2.45, 2.75) is 58.1 Å². The Hall–Kier alpha value is -0.850. The summed E-state index contributed by atoms with van der Waals surface area (Å²) in [5, 5.41) is 18.6. The first kappa shape index (κ1) is 15.2. The van der Waals surface area contributed by atoms with Crippen LogP contribution in [-0.4, -0.2) is 57.9 Å². The number of carbonyl (C=O) groups excluding carboxylic acids is 1. The van der Waals surface area contributed by atoms with E-state index in [-0.39, 0.29) is 13.2 Å². The van der Waals surface area contributed by atoms with Gasteiger partial charge in [-0.3, -0.25) is 4.90 Å². The van der Waals surface area contributed by atoms with Crippen LogP contribution in [-0.2, 0) is 9.47 Å². The van der Waals surface area contributed by atoms with Gasteiger partial charge in [-0.05, 0) is 34.6 Å². The van der Waals surface area contributed by atoms with Gasteiger partial charge in [0, 0.05) is 0 Å². The molecule has 1 heterocycles. The number of hydrogen-bond acceptors (Lipinski definition) is 5. The fourth-order valence-corrected chi connectivity index (χ4v) is 2.10. The molecule has 1 saturated heterocycles. The Balaban J connectivity index is 2.92. The summed E-state index contributed by atoms with van der Waals surface area (Å²) in [6.45, 7) is 8.18. The maximum absolute atomic E-state index is 12.1. The zero-order valence-electron chi connectivity index (χ0n) is 11.6. The third kappa shape index (κ3) is 3.13. The topological polar surface area (TPSA) is 79.2 Å². The largest absolute Gasteiger partial charge is 0.444 e. The highest BCUT2D eigenvalue weighted by Gasteiger charge is 2.50. The lowest BCUT2D eigenvalue weighted by atomic mass is 10.1. The van der Waals surface area contributed by atoms with Crippen molar-refractivity contribution in [1.82, 2.24) is 4.90 Å². The van der Waals surface area contributed by atoms with Crippen LogP contribution in [0.25, 0.3) is 0 Å². The molecule has 2 N–H and O–H groups in total. The molecule has 0 aromatic carbocycles. The summed E-state index contributed by atoms with van der Waals surface area (Å²) in [6, 6.07) is -0.597. The first-order chi connectivity index (χ1) is 8.12. The third-order valence-electron chi connectivity index (χ3n) is 2.74. The average Bonchev–Trinajstić information content (AvgIpc) is 2.45. The second-order valence-corrected chi connectivity index (χ2v) is 5.89. The number of amides is 1. The Morgan fingerprint density at radius 3 is 2.28 bits per heavy atom. The van der Waals surface area contributed by atoms with Crippen molar-refractivity contribution in [3.8, 4) is 0 Å². The standard InChI is InChI=1S/C12H23NO5/c1-11(2,3)18-10(16)13-8(6-14)9(7-15)17-12(13,4)5/h8-9,14-15H,6-7H2,1-5H3. The molecule has 0 aromatic heterocycles. The molecule has 6 heteroatoms. The van der Waals surface area contributed by atoms with E-state index >= 15 is 0 Å². The highest BCUT2D eigenvalue weighted by Crippen LogP contribution is 2.33. The van der Waals surface area contributed by atoms with E-state index < -0.39 is 29.6 Å². The Kier molecular flexibility index (Phi) is 4.25. The predicted molar refractivity (Wildman–Crippen MR) is 65.0 cm³/mol. The second kappa shape index (κ2) is 5.03. The number of hydrogen-bond donors (Lipinski definition) is 2. The third-order valence-corrected chi connectivity index (χ3v) is 2.74. The Morgan fingerprint density at radius 1 is 1.33 bits per heavy atom. The molecule has 1 fully saturated rings. The molecule has 0 radical (unpaired) electrons. The molecule has 0 aromatic rings. The van der Waals surface area contributed by atoms with Gasteiger partial charge in [0.1, 0.15) is 17.4 Å². The van der Waals surface area contributed by atoms with Crippen molar-refractivity contribution in [2.75, 3.05) is 13.2 Å². The zero-order valence-corrected chi connectivity index (χ0v) is 11.6. The van der Waals surface area contributed by atoms with E-state index in [0.717, 1.165) is 0 Å². The molecule has 2 unspecified atom stereocenters. The maximum Gasteiger partial charge on any atom is 0.412 e. The Labute approximate surface area is 107 Å². The first-order valence-corrected chi connectivity index (χ1v) is 6.04. The van der Waals surface area contributed by atoms with Gasteiger partial charge in [0.05, 0.1) is 19.3 Å². The minimum atomic E-state index is -0.914. The van der Waals surface area contributed by atoms with E-state index in [1.54, 1.807) is 34.6 Å². The molecule has 0 spiro atoms. The molecule has 1 rings (SSSR count). The summed E-state index contributed by atoms with van der Waals surface area (Å²) in [6.07, 6.45) is -1.15. The Morgan fingerprint density at radius 2 is 1.89 bits per heavy atom. The number of aliphatic hydroxyl groups is 2. The van der Waals surface area contributed by atoms with E-state index in [4.69, 9.17) is 9.47 Å². The van der Waals surface area contributed by atoms with Gasteiger partial charge in [-0.2, -0.15) is 0 Å². The minimum Gasteiger partial charge on any atom is -0.444 e.